The van der Waals surface area contributed by atoms with Crippen molar-refractivity contribution < 1.29 is 45.8 Å². The second-order valence-corrected chi connectivity index (χ2v) is 15.6. The van der Waals surface area contributed by atoms with Crippen LogP contribution >= 0.6 is 10.0 Å². The minimum atomic E-state index is -0.479. The van der Waals surface area contributed by atoms with Crippen molar-refractivity contribution in [3.8, 4) is 0 Å². The van der Waals surface area contributed by atoms with Crippen LogP contribution in [-0.2, 0) is 4.74 Å². The molecule has 0 atom stereocenters. The average molecular weight is 740 g/mol. The third-order valence-corrected chi connectivity index (χ3v) is 7.26. The summed E-state index contributed by atoms with van der Waals surface area (Å²) in [6.45, 7) is 7.17. The zero-order chi connectivity index (χ0) is 25.6. The van der Waals surface area contributed by atoms with E-state index < -0.39 is 15.6 Å². The molecular formula is C27H41N4O3SU-. The van der Waals surface area contributed by atoms with Crippen LogP contribution in [-0.4, -0.2) is 75.9 Å². The fourth-order valence-corrected chi connectivity index (χ4v) is 4.53. The second-order valence-electron chi connectivity index (χ2n) is 11.0. The monoisotopic (exact) mass is 739 g/mol. The van der Waals surface area contributed by atoms with Crippen LogP contribution in [0.1, 0.15) is 64.1 Å². The summed E-state index contributed by atoms with van der Waals surface area (Å²) in [7, 11) is -0.424. The number of ether oxygens (including phenoxy) is 1. The summed E-state index contributed by atoms with van der Waals surface area (Å²) in [4.78, 5) is 27.9. The Balaban J connectivity index is 0.000000503. The molecule has 9 heteroatoms. The maximum Gasteiger partial charge on any atom is 0.410 e. The van der Waals surface area contributed by atoms with Crippen molar-refractivity contribution in [2.24, 2.45) is 0 Å². The van der Waals surface area contributed by atoms with Crippen LogP contribution in [0, 0.1) is 31.1 Å². The molecular weight excluding hydrogens is 698 g/mol. The molecule has 0 fully saturated rings. The maximum atomic E-state index is 12.3. The Bertz CT molecular complexity index is 1080. The largest absolute Gasteiger partial charge is 0.444 e. The molecule has 1 aliphatic carbocycles. The molecule has 0 radical (unpaired) electrons. The van der Waals surface area contributed by atoms with Gasteiger partial charge in [0.15, 0.2) is 0 Å². The molecule has 0 spiro atoms. The number of aliphatic hydroxyl groups excluding tert-OH is 1. The van der Waals surface area contributed by atoms with Gasteiger partial charge in [0.1, 0.15) is 5.60 Å². The Labute approximate surface area is 241 Å². The van der Waals surface area contributed by atoms with Crippen LogP contribution in [0.4, 0.5) is 4.79 Å². The van der Waals surface area contributed by atoms with Gasteiger partial charge in [-0.2, -0.15) is 0 Å². The number of aromatic nitrogens is 3. The van der Waals surface area contributed by atoms with E-state index in [1.165, 1.54) is 24.0 Å². The Morgan fingerprint density at radius 3 is 2.44 bits per heavy atom. The molecule has 0 aromatic carbocycles. The molecule has 1 aliphatic heterocycles. The Kier molecular flexibility index (Phi) is 11.6. The van der Waals surface area contributed by atoms with Crippen LogP contribution in [0.15, 0.2) is 24.5 Å². The van der Waals surface area contributed by atoms with E-state index in [2.05, 4.69) is 40.9 Å². The van der Waals surface area contributed by atoms with Crippen LogP contribution in [0.2, 0.25) is 0 Å². The van der Waals surface area contributed by atoms with Crippen molar-refractivity contribution in [2.75, 3.05) is 44.2 Å². The van der Waals surface area contributed by atoms with Gasteiger partial charge in [-0.3, -0.25) is 0 Å². The van der Waals surface area contributed by atoms with Gasteiger partial charge in [0.05, 0.1) is 17.8 Å². The smallest absolute Gasteiger partial charge is 0.410 e. The molecule has 2 aromatic rings. The van der Waals surface area contributed by atoms with Crippen molar-refractivity contribution in [3.05, 3.63) is 35.8 Å². The minimum Gasteiger partial charge on any atom is -0.444 e. The third-order valence-electron chi connectivity index (χ3n) is 5.85. The fourth-order valence-electron chi connectivity index (χ4n) is 3.99. The SMILES string of the molecule is CC(C)(C)OC(=O)N1CC=C(c2c[n-]c3ncc(C4=CCCCC4)nc23)CC1.CS(C)(C)CCO.[U]. The zero-order valence-electron chi connectivity index (χ0n) is 22.6. The summed E-state index contributed by atoms with van der Waals surface area (Å²) < 4.78 is 5.47. The first-order valence-electron chi connectivity index (χ1n) is 12.4. The van der Waals surface area contributed by atoms with E-state index in [-0.39, 0.29) is 37.2 Å². The molecule has 2 aromatic heterocycles. The summed E-state index contributed by atoms with van der Waals surface area (Å²) in [5.74, 6) is 0.979. The average Bonchev–Trinajstić information content (AvgIpc) is 3.21. The first-order chi connectivity index (χ1) is 16.5. The second kappa shape index (κ2) is 13.5. The number of carbonyl (C=O) groups is 1. The number of hydrogen-bond acceptors (Lipinski definition) is 5. The zero-order valence-corrected chi connectivity index (χ0v) is 27.6. The van der Waals surface area contributed by atoms with E-state index in [0.717, 1.165) is 41.8 Å². The van der Waals surface area contributed by atoms with E-state index in [9.17, 15) is 4.79 Å². The summed E-state index contributed by atoms with van der Waals surface area (Å²) in [6.07, 6.45) is 19.8. The van der Waals surface area contributed by atoms with Crippen LogP contribution < -0.4 is 4.98 Å². The number of amides is 1. The first kappa shape index (κ1) is 31.0. The number of rotatable bonds is 4. The standard InChI is InChI=1S/C22H27N4O2.C5H14OS.U/c1-22(2,3)28-21(27)26-11-9-15(10-12-26)17-13-23-20-19(17)25-18(14-24-20)16-7-5-4-6-8-16;1-7(2,3)5-4-6;/h7,9,13-14H,4-6,8,10-12H2,1-3H3;6H,4-5H2,1-3H3;/q-1;;. The molecule has 0 saturated carbocycles. The van der Waals surface area contributed by atoms with Gasteiger partial charge in [0, 0.05) is 44.2 Å². The maximum absolute atomic E-state index is 12.3. The molecule has 0 unspecified atom stereocenters. The van der Waals surface area contributed by atoms with Gasteiger partial charge in [0.25, 0.3) is 0 Å². The minimum absolute atomic E-state index is 0. The molecule has 2 aliphatic rings. The number of allylic oxidation sites excluding steroid dienone is 2. The summed E-state index contributed by atoms with van der Waals surface area (Å²) >= 11 is 0. The number of hydrogen-bond donors (Lipinski definition) is 1. The van der Waals surface area contributed by atoms with E-state index in [1.807, 2.05) is 33.2 Å². The Hall–Kier alpha value is -1.27. The van der Waals surface area contributed by atoms with Crippen LogP contribution in [0.3, 0.4) is 0 Å². The Morgan fingerprint density at radius 2 is 1.92 bits per heavy atom. The van der Waals surface area contributed by atoms with Crippen molar-refractivity contribution in [3.63, 3.8) is 0 Å². The fraction of sp³-hybridized carbons (Fsp3) is 0.593. The van der Waals surface area contributed by atoms with Crippen molar-refractivity contribution in [1.29, 1.82) is 0 Å². The van der Waals surface area contributed by atoms with Gasteiger partial charge < -0.3 is 24.7 Å². The predicted molar refractivity (Wildman–Crippen MR) is 147 cm³/mol. The summed E-state index contributed by atoms with van der Waals surface area (Å²) in [5.41, 5.74) is 5.53. The van der Waals surface area contributed by atoms with E-state index in [4.69, 9.17) is 14.8 Å². The van der Waals surface area contributed by atoms with Gasteiger partial charge in [-0.1, -0.05) is 24.5 Å². The molecule has 1 amide bonds. The number of aliphatic hydroxyl groups is 1. The molecule has 1 N–H and O–H groups in total. The number of fused-ring (bicyclic) bond motifs is 1. The molecule has 0 bridgehead atoms. The van der Waals surface area contributed by atoms with Crippen LogP contribution in [0.5, 0.6) is 0 Å². The normalized spacial score (nSPS) is 16.8. The van der Waals surface area contributed by atoms with E-state index in [1.54, 1.807) is 4.90 Å². The molecule has 198 valence electrons. The van der Waals surface area contributed by atoms with Gasteiger partial charge in [-0.25, -0.2) is 19.8 Å². The molecule has 3 heterocycles. The molecule has 0 saturated heterocycles. The van der Waals surface area contributed by atoms with Crippen molar-refractivity contribution in [1.82, 2.24) is 19.9 Å². The van der Waals surface area contributed by atoms with Gasteiger partial charge >= 0.3 is 6.09 Å². The summed E-state index contributed by atoms with van der Waals surface area (Å²) in [5, 5.41) is 8.42. The topological polar surface area (TPSA) is 89.7 Å². The molecule has 4 rings (SSSR count). The molecule has 7 nitrogen and oxygen atoms in total. The number of carbonyl (C=O) groups excluding carboxylic acids is 1. The van der Waals surface area contributed by atoms with E-state index >= 15 is 0 Å². The van der Waals surface area contributed by atoms with E-state index in [0.29, 0.717) is 25.3 Å². The molecule has 36 heavy (non-hydrogen) atoms. The van der Waals surface area contributed by atoms with Crippen LogP contribution in [0.25, 0.3) is 22.3 Å². The number of nitrogens with zero attached hydrogens (tertiary/aromatic N) is 4. The quantitative estimate of drug-likeness (QED) is 0.462. The first-order valence-corrected chi connectivity index (χ1v) is 15.4. The van der Waals surface area contributed by atoms with Gasteiger partial charge in [-0.15, -0.1) is 0 Å². The summed E-state index contributed by atoms with van der Waals surface area (Å²) in [6, 6.07) is 0. The van der Waals surface area contributed by atoms with Crippen molar-refractivity contribution in [2.45, 2.75) is 58.5 Å². The third kappa shape index (κ3) is 9.24. The Morgan fingerprint density at radius 1 is 1.17 bits per heavy atom. The van der Waals surface area contributed by atoms with Gasteiger partial charge in [-0.05, 0) is 99.8 Å². The predicted octanol–water partition coefficient (Wildman–Crippen LogP) is 5.24. The van der Waals surface area contributed by atoms with Gasteiger partial charge in [0.2, 0.25) is 0 Å². The van der Waals surface area contributed by atoms with Crippen molar-refractivity contribution >= 4 is 38.4 Å².